The lowest BCUT2D eigenvalue weighted by Gasteiger charge is -2.35. The Morgan fingerprint density at radius 2 is 0.962 bits per heavy atom. The minimum atomic E-state index is -2.92. The van der Waals surface area contributed by atoms with Crippen LogP contribution in [0.4, 0.5) is 0 Å². The Labute approximate surface area is 312 Å². The summed E-state index contributed by atoms with van der Waals surface area (Å²) in [6.07, 6.45) is 0. The van der Waals surface area contributed by atoms with E-state index in [1.165, 1.54) is 81.6 Å². The van der Waals surface area contributed by atoms with Crippen LogP contribution in [-0.4, -0.2) is 12.6 Å². The van der Waals surface area contributed by atoms with Gasteiger partial charge < -0.3 is 4.57 Å². The lowest BCUT2D eigenvalue weighted by molar-refractivity contribution is 0.660. The Morgan fingerprint density at radius 3 is 1.68 bits per heavy atom. The van der Waals surface area contributed by atoms with E-state index in [1.807, 2.05) is 0 Å². The molecule has 1 heterocycles. The van der Waals surface area contributed by atoms with Gasteiger partial charge in [0, 0.05) is 21.9 Å². The molecule has 2 heteroatoms. The van der Waals surface area contributed by atoms with Crippen molar-refractivity contribution in [3.8, 4) is 27.9 Å². The second kappa shape index (κ2) is 12.2. The highest BCUT2D eigenvalue weighted by atomic mass is 28.3. The highest BCUT2D eigenvalue weighted by Gasteiger charge is 2.43. The average molecular weight is 694 g/mol. The summed E-state index contributed by atoms with van der Waals surface area (Å²) in [7, 11) is -2.92. The van der Waals surface area contributed by atoms with Crippen LogP contribution in [0.2, 0.25) is 0 Å². The molecule has 53 heavy (non-hydrogen) atoms. The van der Waals surface area contributed by atoms with E-state index in [0.29, 0.717) is 0 Å². The second-order valence-corrected chi connectivity index (χ2v) is 18.7. The van der Waals surface area contributed by atoms with Crippen molar-refractivity contribution < 1.29 is 0 Å². The molecule has 0 unspecified atom stereocenters. The largest absolute Gasteiger partial charge is 0.309 e. The van der Waals surface area contributed by atoms with Crippen molar-refractivity contribution in [3.63, 3.8) is 0 Å². The molecular weight excluding hydrogens is 655 g/mol. The SMILES string of the molecule is CC1(C)c2ccccc2-c2ccc(-c3ccc([Si](c4ccccc4)(c4ccccc4)c4cccc5c6ccccc6n(-c6ccccc6)c45)cc3)cc21. The average Bonchev–Trinajstić information content (AvgIpc) is 3.68. The van der Waals surface area contributed by atoms with Crippen LogP contribution in [0, 0.1) is 0 Å². The Hall–Kier alpha value is -6.22. The van der Waals surface area contributed by atoms with E-state index in [4.69, 9.17) is 0 Å². The first kappa shape index (κ1) is 31.5. The van der Waals surface area contributed by atoms with E-state index in [1.54, 1.807) is 0 Å². The quantitative estimate of drug-likeness (QED) is 0.121. The van der Waals surface area contributed by atoms with Gasteiger partial charge in [-0.05, 0) is 78.4 Å². The minimum absolute atomic E-state index is 0.0412. The molecule has 1 aliphatic rings. The van der Waals surface area contributed by atoms with Crippen LogP contribution < -0.4 is 20.7 Å². The fourth-order valence-electron chi connectivity index (χ4n) is 9.31. The van der Waals surface area contributed by atoms with E-state index < -0.39 is 8.07 Å². The minimum Gasteiger partial charge on any atom is -0.309 e. The highest BCUT2D eigenvalue weighted by molar-refractivity contribution is 7.20. The van der Waals surface area contributed by atoms with Crippen LogP contribution in [0.5, 0.6) is 0 Å². The van der Waals surface area contributed by atoms with E-state index in [-0.39, 0.29) is 5.41 Å². The third-order valence-corrected chi connectivity index (χ3v) is 16.6. The highest BCUT2D eigenvalue weighted by Crippen LogP contribution is 2.49. The molecule has 0 fully saturated rings. The molecule has 0 saturated heterocycles. The summed E-state index contributed by atoms with van der Waals surface area (Å²) in [5, 5.41) is 8.04. The summed E-state index contributed by atoms with van der Waals surface area (Å²) in [4.78, 5) is 0. The number of nitrogens with zero attached hydrogens (tertiary/aromatic N) is 1. The van der Waals surface area contributed by atoms with Gasteiger partial charge in [0.25, 0.3) is 0 Å². The fourth-order valence-corrected chi connectivity index (χ4v) is 14.2. The van der Waals surface area contributed by atoms with Crippen molar-refractivity contribution in [1.29, 1.82) is 0 Å². The van der Waals surface area contributed by atoms with Gasteiger partial charge in [0.15, 0.2) is 8.07 Å². The zero-order valence-electron chi connectivity index (χ0n) is 30.0. The molecule has 0 saturated carbocycles. The van der Waals surface area contributed by atoms with Crippen molar-refractivity contribution in [2.45, 2.75) is 19.3 Å². The van der Waals surface area contributed by atoms with Crippen molar-refractivity contribution in [1.82, 2.24) is 4.57 Å². The van der Waals surface area contributed by atoms with Crippen LogP contribution in [0.25, 0.3) is 49.7 Å². The van der Waals surface area contributed by atoms with Crippen LogP contribution in [-0.2, 0) is 5.41 Å². The normalized spacial score (nSPS) is 13.2. The summed E-state index contributed by atoms with van der Waals surface area (Å²) >= 11 is 0. The molecule has 0 amide bonds. The number of para-hydroxylation sites is 3. The first-order chi connectivity index (χ1) is 26.1. The molecule has 10 rings (SSSR count). The predicted octanol–water partition coefficient (Wildman–Crippen LogP) is 10.1. The molecule has 0 atom stereocenters. The van der Waals surface area contributed by atoms with Crippen molar-refractivity contribution in [2.24, 2.45) is 0 Å². The number of hydrogen-bond acceptors (Lipinski definition) is 0. The van der Waals surface area contributed by atoms with E-state index in [0.717, 1.165) is 0 Å². The first-order valence-electron chi connectivity index (χ1n) is 18.6. The van der Waals surface area contributed by atoms with Crippen LogP contribution in [0.15, 0.2) is 200 Å². The number of hydrogen-bond donors (Lipinski definition) is 0. The maximum Gasteiger partial charge on any atom is 0.181 e. The van der Waals surface area contributed by atoms with Crippen molar-refractivity contribution in [3.05, 3.63) is 211 Å². The topological polar surface area (TPSA) is 4.93 Å². The smallest absolute Gasteiger partial charge is 0.181 e. The summed E-state index contributed by atoms with van der Waals surface area (Å²) < 4.78 is 2.51. The zero-order valence-corrected chi connectivity index (χ0v) is 31.0. The van der Waals surface area contributed by atoms with Gasteiger partial charge in [-0.15, -0.1) is 0 Å². The molecule has 1 aromatic heterocycles. The lowest BCUT2D eigenvalue weighted by Crippen LogP contribution is -2.75. The second-order valence-electron chi connectivity index (χ2n) is 14.9. The molecule has 8 aromatic carbocycles. The number of benzene rings is 8. The molecule has 0 aliphatic heterocycles. The summed E-state index contributed by atoms with van der Waals surface area (Å²) in [5.74, 6) is 0. The third kappa shape index (κ3) is 4.69. The van der Waals surface area contributed by atoms with Crippen LogP contribution >= 0.6 is 0 Å². The monoisotopic (exact) mass is 693 g/mol. The van der Waals surface area contributed by atoms with Crippen LogP contribution in [0.3, 0.4) is 0 Å². The Morgan fingerprint density at radius 1 is 0.415 bits per heavy atom. The van der Waals surface area contributed by atoms with Gasteiger partial charge in [0.2, 0.25) is 0 Å². The summed E-state index contributed by atoms with van der Waals surface area (Å²) in [5.41, 5.74) is 11.7. The first-order valence-corrected chi connectivity index (χ1v) is 20.6. The molecule has 0 spiro atoms. The van der Waals surface area contributed by atoms with Crippen LogP contribution in [0.1, 0.15) is 25.0 Å². The van der Waals surface area contributed by atoms with E-state index in [9.17, 15) is 0 Å². The molecule has 9 aromatic rings. The Balaban J connectivity index is 1.24. The Bertz CT molecular complexity index is 2740. The standard InChI is InChI=1S/C51H39NSi/c1-51(2)46-26-14-12-23-42(46)43-34-31-37(35-47(43)51)36-29-32-41(33-30-36)53(39-19-8-4-9-20-39,40-21-10-5-11-22-40)49-28-16-25-45-44-24-13-15-27-48(44)52(50(45)49)38-17-6-3-7-18-38/h3-35H,1-2H3. The maximum absolute atomic E-state index is 2.92. The number of fused-ring (bicyclic) bond motifs is 6. The molecule has 0 bridgehead atoms. The van der Waals surface area contributed by atoms with E-state index in [2.05, 4.69) is 219 Å². The molecular formula is C51H39NSi. The Kier molecular flexibility index (Phi) is 7.25. The lowest BCUT2D eigenvalue weighted by atomic mass is 9.81. The van der Waals surface area contributed by atoms with Gasteiger partial charge in [0.1, 0.15) is 0 Å². The molecule has 0 radical (unpaired) electrons. The third-order valence-electron chi connectivity index (χ3n) is 11.8. The predicted molar refractivity (Wildman–Crippen MR) is 227 cm³/mol. The van der Waals surface area contributed by atoms with Gasteiger partial charge in [0.05, 0.1) is 11.0 Å². The fraction of sp³-hybridized carbons (Fsp3) is 0.0588. The molecule has 0 N–H and O–H groups in total. The molecule has 1 nitrogen and oxygen atoms in total. The van der Waals surface area contributed by atoms with Crippen molar-refractivity contribution in [2.75, 3.05) is 0 Å². The van der Waals surface area contributed by atoms with Gasteiger partial charge in [-0.1, -0.05) is 190 Å². The summed E-state index contributed by atoms with van der Waals surface area (Å²) in [6, 6.07) is 74.9. The van der Waals surface area contributed by atoms with Gasteiger partial charge in [-0.25, -0.2) is 0 Å². The molecule has 1 aliphatic carbocycles. The van der Waals surface area contributed by atoms with Gasteiger partial charge >= 0.3 is 0 Å². The number of aromatic nitrogens is 1. The van der Waals surface area contributed by atoms with Gasteiger partial charge in [-0.3, -0.25) is 0 Å². The molecule has 252 valence electrons. The zero-order chi connectivity index (χ0) is 35.6. The van der Waals surface area contributed by atoms with Crippen molar-refractivity contribution >= 4 is 50.6 Å². The number of rotatable bonds is 6. The van der Waals surface area contributed by atoms with Gasteiger partial charge in [-0.2, -0.15) is 0 Å². The van der Waals surface area contributed by atoms with E-state index >= 15 is 0 Å². The summed E-state index contributed by atoms with van der Waals surface area (Å²) in [6.45, 7) is 4.72. The maximum atomic E-state index is 2.51.